The van der Waals surface area contributed by atoms with Crippen LogP contribution in [-0.2, 0) is 4.79 Å². The monoisotopic (exact) mass is 514 g/mol. The Bertz CT molecular complexity index is 1360. The molecule has 3 aromatic rings. The molecule has 0 saturated heterocycles. The summed E-state index contributed by atoms with van der Waals surface area (Å²) in [6.45, 7) is 0.755. The van der Waals surface area contributed by atoms with E-state index in [9.17, 15) is 14.7 Å². The van der Waals surface area contributed by atoms with E-state index in [1.54, 1.807) is 30.3 Å². The van der Waals surface area contributed by atoms with Crippen LogP contribution in [0.1, 0.15) is 22.2 Å². The van der Waals surface area contributed by atoms with Gasteiger partial charge in [-0.2, -0.15) is 0 Å². The fraction of sp³-hybridized carbons (Fsp3) is 0.308. The van der Waals surface area contributed by atoms with Crippen LogP contribution < -0.4 is 14.2 Å². The minimum atomic E-state index is -0.936. The van der Waals surface area contributed by atoms with E-state index in [0.717, 1.165) is 0 Å². The molecule has 190 valence electrons. The van der Waals surface area contributed by atoms with E-state index < -0.39 is 23.5 Å². The highest BCUT2D eigenvalue weighted by molar-refractivity contribution is 6.31. The van der Waals surface area contributed by atoms with Crippen molar-refractivity contribution in [3.8, 4) is 17.2 Å². The summed E-state index contributed by atoms with van der Waals surface area (Å²) in [7, 11) is 8.18. The number of amides is 1. The van der Waals surface area contributed by atoms with Crippen LogP contribution in [0.3, 0.4) is 0 Å². The maximum absolute atomic E-state index is 13.8. The molecular formula is C26H27ClN2O7. The highest BCUT2D eigenvalue weighted by atomic mass is 35.5. The topological polar surface area (TPSA) is 102 Å². The van der Waals surface area contributed by atoms with Gasteiger partial charge >= 0.3 is 0 Å². The molecule has 0 fully saturated rings. The highest BCUT2D eigenvalue weighted by Crippen LogP contribution is 2.45. The van der Waals surface area contributed by atoms with Crippen molar-refractivity contribution in [2.75, 3.05) is 48.5 Å². The van der Waals surface area contributed by atoms with Gasteiger partial charge in [-0.15, -0.1) is 0 Å². The Hall–Kier alpha value is -3.69. The molecule has 1 aliphatic rings. The number of rotatable bonds is 9. The molecule has 0 spiro atoms. The first-order valence-corrected chi connectivity index (χ1v) is 11.5. The predicted octanol–water partition coefficient (Wildman–Crippen LogP) is 4.25. The van der Waals surface area contributed by atoms with E-state index in [1.165, 1.54) is 32.3 Å². The van der Waals surface area contributed by atoms with Crippen LogP contribution in [0.2, 0.25) is 5.02 Å². The zero-order valence-electron chi connectivity index (χ0n) is 20.6. The maximum Gasteiger partial charge on any atom is 0.290 e. The molecular weight excluding hydrogens is 488 g/mol. The normalized spacial score (nSPS) is 15.8. The number of ketones is 1. The number of hydrogen-bond donors (Lipinski definition) is 1. The molecule has 9 nitrogen and oxygen atoms in total. The molecule has 2 aromatic carbocycles. The number of aliphatic hydroxyl groups excluding tert-OH is 1. The summed E-state index contributed by atoms with van der Waals surface area (Å²) < 4.78 is 22.2. The summed E-state index contributed by atoms with van der Waals surface area (Å²) in [4.78, 5) is 30.4. The number of carbonyl (C=O) groups excluding carboxylic acids is 2. The van der Waals surface area contributed by atoms with Gasteiger partial charge in [0.2, 0.25) is 5.78 Å². The minimum absolute atomic E-state index is 0.0683. The van der Waals surface area contributed by atoms with Gasteiger partial charge in [-0.1, -0.05) is 23.7 Å². The van der Waals surface area contributed by atoms with Gasteiger partial charge in [0.25, 0.3) is 5.91 Å². The number of benzene rings is 2. The number of hydrogen-bond acceptors (Lipinski definition) is 8. The van der Waals surface area contributed by atoms with Crippen molar-refractivity contribution < 1.29 is 33.3 Å². The molecule has 1 amide bonds. The van der Waals surface area contributed by atoms with Crippen molar-refractivity contribution in [1.29, 1.82) is 0 Å². The predicted molar refractivity (Wildman–Crippen MR) is 134 cm³/mol. The quantitative estimate of drug-likeness (QED) is 0.423. The summed E-state index contributed by atoms with van der Waals surface area (Å²) in [5.74, 6) is -0.873. The lowest BCUT2D eigenvalue weighted by atomic mass is 9.94. The van der Waals surface area contributed by atoms with Crippen molar-refractivity contribution in [3.63, 3.8) is 0 Å². The molecule has 4 rings (SSSR count). The average Bonchev–Trinajstić information content (AvgIpc) is 3.39. The molecule has 0 bridgehead atoms. The molecule has 1 unspecified atom stereocenters. The molecule has 0 aliphatic carbocycles. The zero-order valence-corrected chi connectivity index (χ0v) is 21.4. The lowest BCUT2D eigenvalue weighted by molar-refractivity contribution is -0.129. The van der Waals surface area contributed by atoms with Crippen LogP contribution in [-0.4, -0.2) is 75.1 Å². The largest absolute Gasteiger partial charge is 0.503 e. The Morgan fingerprint density at radius 3 is 2.47 bits per heavy atom. The number of ether oxygens (including phenoxy) is 3. The first kappa shape index (κ1) is 25.4. The molecule has 0 radical (unpaired) electrons. The molecule has 0 saturated carbocycles. The van der Waals surface area contributed by atoms with Crippen LogP contribution in [0.5, 0.6) is 17.2 Å². The second kappa shape index (κ2) is 10.1. The third-order valence-electron chi connectivity index (χ3n) is 6.06. The summed E-state index contributed by atoms with van der Waals surface area (Å²) in [6, 6.07) is 8.97. The molecule has 1 aromatic heterocycles. The summed E-state index contributed by atoms with van der Waals surface area (Å²) in [6.07, 6.45) is 0. The van der Waals surface area contributed by atoms with Gasteiger partial charge in [0.15, 0.2) is 34.4 Å². The number of methoxy groups -OCH3 is 3. The van der Waals surface area contributed by atoms with Gasteiger partial charge in [-0.25, -0.2) is 0 Å². The fourth-order valence-corrected chi connectivity index (χ4v) is 4.57. The zero-order chi connectivity index (χ0) is 26.1. The van der Waals surface area contributed by atoms with Gasteiger partial charge < -0.3 is 33.5 Å². The standard InChI is InChI=1S/C26H27ClN2O7/c1-28(2)9-10-29-21(16-7-6-8-17(33-3)25(16)35-5)20(23(31)26(29)32)22(30)18-12-14-11-15(27)13-19(34-4)24(14)36-18/h6-8,11-13,21,31H,9-10H2,1-5H3. The van der Waals surface area contributed by atoms with Gasteiger partial charge in [0.1, 0.15) is 0 Å². The summed E-state index contributed by atoms with van der Waals surface area (Å²) in [5, 5.41) is 11.9. The van der Waals surface area contributed by atoms with E-state index in [0.29, 0.717) is 45.3 Å². The van der Waals surface area contributed by atoms with Crippen LogP contribution in [0, 0.1) is 0 Å². The maximum atomic E-state index is 13.8. The molecule has 10 heteroatoms. The number of aliphatic hydroxyl groups is 1. The van der Waals surface area contributed by atoms with Crippen molar-refractivity contribution >= 4 is 34.3 Å². The number of nitrogens with zero attached hydrogens (tertiary/aromatic N) is 2. The lowest BCUT2D eigenvalue weighted by Gasteiger charge is -2.29. The number of fused-ring (bicyclic) bond motifs is 1. The number of likely N-dealkylation sites (N-methyl/N-ethyl adjacent to an activating group) is 1. The van der Waals surface area contributed by atoms with E-state index >= 15 is 0 Å². The smallest absolute Gasteiger partial charge is 0.290 e. The number of para-hydroxylation sites is 1. The Balaban J connectivity index is 1.88. The molecule has 36 heavy (non-hydrogen) atoms. The number of carbonyl (C=O) groups is 2. The third-order valence-corrected chi connectivity index (χ3v) is 6.27. The molecule has 1 aliphatic heterocycles. The van der Waals surface area contributed by atoms with Crippen LogP contribution in [0.25, 0.3) is 11.0 Å². The van der Waals surface area contributed by atoms with E-state index in [4.69, 9.17) is 30.2 Å². The van der Waals surface area contributed by atoms with Gasteiger partial charge in [0.05, 0.1) is 32.9 Å². The Morgan fingerprint density at radius 1 is 1.11 bits per heavy atom. The Labute approximate surface area is 213 Å². The van der Waals surface area contributed by atoms with E-state index in [-0.39, 0.29) is 17.9 Å². The van der Waals surface area contributed by atoms with Crippen LogP contribution in [0.4, 0.5) is 0 Å². The fourth-order valence-electron chi connectivity index (χ4n) is 4.36. The second-order valence-corrected chi connectivity index (χ2v) is 8.95. The Kier molecular flexibility index (Phi) is 7.14. The first-order chi connectivity index (χ1) is 17.2. The van der Waals surface area contributed by atoms with E-state index in [2.05, 4.69) is 0 Å². The Morgan fingerprint density at radius 2 is 1.83 bits per heavy atom. The summed E-state index contributed by atoms with van der Waals surface area (Å²) >= 11 is 6.17. The van der Waals surface area contributed by atoms with E-state index in [1.807, 2.05) is 19.0 Å². The SMILES string of the molecule is COc1cccc(C2C(C(=O)c3cc4cc(Cl)cc(OC)c4o3)=C(O)C(=O)N2CCN(C)C)c1OC. The average molecular weight is 515 g/mol. The van der Waals surface area contributed by atoms with Crippen molar-refractivity contribution in [2.45, 2.75) is 6.04 Å². The lowest BCUT2D eigenvalue weighted by Crippen LogP contribution is -2.36. The van der Waals surface area contributed by atoms with Gasteiger partial charge in [-0.05, 0) is 32.3 Å². The second-order valence-electron chi connectivity index (χ2n) is 8.52. The van der Waals surface area contributed by atoms with Gasteiger partial charge in [0, 0.05) is 35.1 Å². The van der Waals surface area contributed by atoms with Crippen LogP contribution >= 0.6 is 11.6 Å². The third kappa shape index (κ3) is 4.36. The van der Waals surface area contributed by atoms with Crippen LogP contribution in [0.15, 0.2) is 52.1 Å². The minimum Gasteiger partial charge on any atom is -0.503 e. The molecule has 1 N–H and O–H groups in total. The molecule has 1 atom stereocenters. The number of furan rings is 1. The number of Topliss-reactive ketones (excluding diaryl/α,β-unsaturated/α-hetero) is 1. The first-order valence-electron chi connectivity index (χ1n) is 11.1. The number of halogens is 1. The van der Waals surface area contributed by atoms with Crippen molar-refractivity contribution in [2.24, 2.45) is 0 Å². The summed E-state index contributed by atoms with van der Waals surface area (Å²) in [5.41, 5.74) is 0.706. The van der Waals surface area contributed by atoms with Crippen molar-refractivity contribution in [1.82, 2.24) is 9.80 Å². The van der Waals surface area contributed by atoms with Crippen molar-refractivity contribution in [3.05, 3.63) is 64.1 Å². The van der Waals surface area contributed by atoms with Gasteiger partial charge in [-0.3, -0.25) is 9.59 Å². The molecule has 2 heterocycles. The highest BCUT2D eigenvalue weighted by Gasteiger charge is 2.46.